The third kappa shape index (κ3) is 15.6. The van der Waals surface area contributed by atoms with Crippen molar-refractivity contribution in [3.05, 3.63) is 33.9 Å². The third-order valence-electron chi connectivity index (χ3n) is 24.1. The highest BCUT2D eigenvalue weighted by atomic mass is 35.5. The first-order valence-corrected chi connectivity index (χ1v) is 35.4. The van der Waals surface area contributed by atoms with Crippen LogP contribution < -0.4 is 0 Å². The Hall–Kier alpha value is -0.490. The summed E-state index contributed by atoms with van der Waals surface area (Å²) in [5, 5.41) is 0. The minimum absolute atomic E-state index is 0.228. The molecular formula is C75H137Cl. The van der Waals surface area contributed by atoms with Crippen molar-refractivity contribution in [1.29, 1.82) is 0 Å². The van der Waals surface area contributed by atoms with Crippen LogP contribution in [0.1, 0.15) is 344 Å². The summed E-state index contributed by atoms with van der Waals surface area (Å²) in [4.78, 5) is 0.228. The summed E-state index contributed by atoms with van der Waals surface area (Å²) in [6, 6.07) is 0. The molecule has 0 radical (unpaired) electrons. The van der Waals surface area contributed by atoms with Gasteiger partial charge in [-0.05, 0) is 253 Å². The Balaban J connectivity index is 0.000000200. The summed E-state index contributed by atoms with van der Waals surface area (Å²) >= 11 is 6.66. The topological polar surface area (TPSA) is 0 Å². The highest BCUT2D eigenvalue weighted by Crippen LogP contribution is 2.66. The molecule has 9 fully saturated rings. The molecule has 9 saturated carbocycles. The van der Waals surface area contributed by atoms with Crippen LogP contribution in [-0.2, 0) is 0 Å². The van der Waals surface area contributed by atoms with Crippen LogP contribution in [0.3, 0.4) is 0 Å². The lowest BCUT2D eigenvalue weighted by atomic mass is 9.46. The molecule has 444 valence electrons. The maximum Gasteiger partial charge on any atom is 0.0455 e. The number of hydrogen-bond acceptors (Lipinski definition) is 0. The van der Waals surface area contributed by atoms with Crippen LogP contribution in [0.15, 0.2) is 33.9 Å². The summed E-state index contributed by atoms with van der Waals surface area (Å²) in [5.74, 6) is 10.7. The maximum absolute atomic E-state index is 6.66. The Labute approximate surface area is 484 Å². The van der Waals surface area contributed by atoms with E-state index < -0.39 is 0 Å². The lowest BCUT2D eigenvalue weighted by molar-refractivity contribution is -0.0771. The van der Waals surface area contributed by atoms with E-state index in [1.54, 1.807) is 5.57 Å². The number of halogens is 1. The van der Waals surface area contributed by atoms with E-state index in [0.717, 1.165) is 65.1 Å². The van der Waals surface area contributed by atoms with Gasteiger partial charge < -0.3 is 0 Å². The zero-order chi connectivity index (χ0) is 56.9. The van der Waals surface area contributed by atoms with Gasteiger partial charge >= 0.3 is 0 Å². The molecule has 15 aliphatic rings. The highest BCUT2D eigenvalue weighted by molar-refractivity contribution is 6.24. The molecule has 0 aliphatic heterocycles. The first kappa shape index (κ1) is 68.0. The molecule has 15 aliphatic carbocycles. The molecule has 12 bridgehead atoms. The molecule has 1 heteroatoms. The minimum Gasteiger partial charge on any atom is -0.119 e. The molecule has 0 nitrogen and oxygen atoms in total. The Bertz CT molecular complexity index is 1740. The second kappa shape index (κ2) is 30.2. The lowest BCUT2D eigenvalue weighted by Crippen LogP contribution is -2.55. The fourth-order valence-electron chi connectivity index (χ4n) is 19.8. The molecule has 0 aromatic rings. The molecule has 0 N–H and O–H groups in total. The second-order valence-electron chi connectivity index (χ2n) is 29.8. The monoisotopic (exact) mass is 1070 g/mol. The summed E-state index contributed by atoms with van der Waals surface area (Å²) in [5.41, 5.74) is 12.7. The average molecular weight is 1070 g/mol. The molecule has 15 rings (SSSR count). The molecule has 9 unspecified atom stereocenters. The van der Waals surface area contributed by atoms with Crippen molar-refractivity contribution in [2.45, 2.75) is 349 Å². The van der Waals surface area contributed by atoms with E-state index in [1.165, 1.54) is 199 Å². The fraction of sp³-hybridized carbons (Fsp3) is 0.920. The van der Waals surface area contributed by atoms with Gasteiger partial charge in [0, 0.05) is 4.87 Å². The number of rotatable bonds is 2. The summed E-state index contributed by atoms with van der Waals surface area (Å²) < 4.78 is 0. The third-order valence-corrected chi connectivity index (χ3v) is 24.6. The van der Waals surface area contributed by atoms with Gasteiger partial charge in [-0.25, -0.2) is 0 Å². The van der Waals surface area contributed by atoms with Crippen molar-refractivity contribution >= 4 is 11.6 Å². The summed E-state index contributed by atoms with van der Waals surface area (Å²) in [6.45, 7) is 47.3. The number of allylic oxidation sites excluding steroid dienone is 6. The Morgan fingerprint density at radius 1 is 0.447 bits per heavy atom. The van der Waals surface area contributed by atoms with Gasteiger partial charge in [0.05, 0.1) is 0 Å². The fourth-order valence-corrected chi connectivity index (χ4v) is 20.4. The lowest BCUT2D eigenvalue weighted by Gasteiger charge is -2.62. The van der Waals surface area contributed by atoms with Crippen LogP contribution >= 0.6 is 11.6 Å². The van der Waals surface area contributed by atoms with Crippen molar-refractivity contribution in [2.75, 3.05) is 0 Å². The van der Waals surface area contributed by atoms with Crippen molar-refractivity contribution in [1.82, 2.24) is 0 Å². The smallest absolute Gasteiger partial charge is 0.0455 e. The van der Waals surface area contributed by atoms with Gasteiger partial charge in [0.1, 0.15) is 0 Å². The van der Waals surface area contributed by atoms with E-state index >= 15 is 0 Å². The minimum atomic E-state index is 0.228. The largest absolute Gasteiger partial charge is 0.119 e. The molecular weight excluding hydrogens is 936 g/mol. The van der Waals surface area contributed by atoms with Gasteiger partial charge in [0.25, 0.3) is 0 Å². The van der Waals surface area contributed by atoms with Gasteiger partial charge in [0.2, 0.25) is 0 Å². The van der Waals surface area contributed by atoms with Crippen LogP contribution in [0, 0.1) is 92.2 Å². The molecule has 9 atom stereocenters. The number of hydrogen-bond donors (Lipinski definition) is 0. The number of alkyl halides is 1. The molecule has 0 amide bonds. The second-order valence-corrected chi connectivity index (χ2v) is 30.6. The predicted molar refractivity (Wildman–Crippen MR) is 344 cm³/mol. The molecule has 0 saturated heterocycles. The summed E-state index contributed by atoms with van der Waals surface area (Å²) in [6.07, 6.45) is 47.5. The Morgan fingerprint density at radius 2 is 0.934 bits per heavy atom. The summed E-state index contributed by atoms with van der Waals surface area (Å²) in [7, 11) is 0. The maximum atomic E-state index is 6.66. The Kier molecular flexibility index (Phi) is 27.0. The first-order chi connectivity index (χ1) is 36.2. The SMILES string of the molecule is CC.CC.CC.CC.CC.CC1(C)C2CC3=CC(C2)CC1C3.CC1(C)C2CC3CC1CC(Cl)(C3)C2.CC1(C)C2CCCC1C1=C(CCCC1)C2.CC1(C)CCCCC1.CCCC1C2=C(CCCC2)C2CCCC1C2(C)C. The zero-order valence-corrected chi connectivity index (χ0v) is 56.5. The van der Waals surface area contributed by atoms with Crippen LogP contribution in [0.4, 0.5) is 0 Å². The van der Waals surface area contributed by atoms with Crippen LogP contribution in [0.25, 0.3) is 0 Å². The average Bonchev–Trinajstić information content (AvgIpc) is 3.40. The van der Waals surface area contributed by atoms with E-state index in [-0.39, 0.29) is 4.87 Å². The quantitative estimate of drug-likeness (QED) is 0.191. The molecule has 0 spiro atoms. The standard InChI is InChI=1S/C18H30.C15H24.C12H19Cl.C12H18.C8H16.5C2H6/c1-4-8-14-13-9-5-6-10-15(13)17-12-7-11-16(14)18(17,2)3;1-15(2)12-7-5-9-14(15)13-8-4-3-6-11(13)10-12;1-11(2)9-3-8-4-10(11)7-12(13,5-8)6-9;1-12(2)10-4-8-3-9(6-10)7-11(12)5-8;1-8(2)6-4-3-5-7-8;5*1-2/h14,16-17H,4-12H2,1-3H3;12,14H,3-10H2,1-2H3;8-10H,3-7H2,1-2H3;3,8,10-11H,4-7H2,1-2H3;3-7H2,1-2H3;5*1-2H3. The van der Waals surface area contributed by atoms with Gasteiger partial charge in [-0.1, -0.05) is 218 Å². The van der Waals surface area contributed by atoms with Gasteiger partial charge in [-0.2, -0.15) is 0 Å². The number of fused-ring (bicyclic) bond motifs is 6. The van der Waals surface area contributed by atoms with Crippen LogP contribution in [-0.4, -0.2) is 4.87 Å². The highest BCUT2D eigenvalue weighted by Gasteiger charge is 2.58. The molecule has 0 aromatic heterocycles. The van der Waals surface area contributed by atoms with E-state index in [1.807, 2.05) is 91.5 Å². The zero-order valence-electron chi connectivity index (χ0n) is 55.7. The molecule has 76 heavy (non-hydrogen) atoms. The normalized spacial score (nSPS) is 37.4. The van der Waals surface area contributed by atoms with Crippen molar-refractivity contribution in [3.63, 3.8) is 0 Å². The predicted octanol–water partition coefficient (Wildman–Crippen LogP) is 25.8. The van der Waals surface area contributed by atoms with E-state index in [0.29, 0.717) is 27.1 Å². The molecule has 0 aromatic carbocycles. The first-order valence-electron chi connectivity index (χ1n) is 35.0. The van der Waals surface area contributed by atoms with Crippen LogP contribution in [0.5, 0.6) is 0 Å². The van der Waals surface area contributed by atoms with E-state index in [4.69, 9.17) is 11.6 Å². The van der Waals surface area contributed by atoms with Gasteiger partial charge in [-0.3, -0.25) is 0 Å². The van der Waals surface area contributed by atoms with Gasteiger partial charge in [0.15, 0.2) is 0 Å². The molecule has 0 heterocycles. The van der Waals surface area contributed by atoms with E-state index in [2.05, 4.69) is 82.2 Å². The van der Waals surface area contributed by atoms with Crippen molar-refractivity contribution in [2.24, 2.45) is 92.2 Å². The van der Waals surface area contributed by atoms with Crippen molar-refractivity contribution in [3.8, 4) is 0 Å². The van der Waals surface area contributed by atoms with E-state index in [9.17, 15) is 0 Å². The van der Waals surface area contributed by atoms with Crippen molar-refractivity contribution < 1.29 is 0 Å². The van der Waals surface area contributed by atoms with Gasteiger partial charge in [-0.15, -0.1) is 11.6 Å². The Morgan fingerprint density at radius 3 is 1.43 bits per heavy atom. The van der Waals surface area contributed by atoms with Crippen LogP contribution in [0.2, 0.25) is 0 Å².